The van der Waals surface area contributed by atoms with Crippen LogP contribution in [0.2, 0.25) is 5.15 Å². The predicted octanol–water partition coefficient (Wildman–Crippen LogP) is 1.27. The quantitative estimate of drug-likeness (QED) is 0.750. The highest BCUT2D eigenvalue weighted by molar-refractivity contribution is 6.29. The van der Waals surface area contributed by atoms with Crippen molar-refractivity contribution in [3.8, 4) is 0 Å². The van der Waals surface area contributed by atoms with Crippen LogP contribution in [0.1, 0.15) is 12.0 Å². The van der Waals surface area contributed by atoms with E-state index in [9.17, 15) is 0 Å². The molecule has 0 spiro atoms. The van der Waals surface area contributed by atoms with Crippen LogP contribution in [0.25, 0.3) is 0 Å². The Morgan fingerprint density at radius 2 is 2.50 bits per heavy atom. The summed E-state index contributed by atoms with van der Waals surface area (Å²) in [4.78, 5) is 6.30. The summed E-state index contributed by atoms with van der Waals surface area (Å²) < 4.78 is 0. The molecule has 14 heavy (non-hydrogen) atoms. The monoisotopic (exact) mass is 211 g/mol. The highest BCUT2D eigenvalue weighted by atomic mass is 35.5. The molecule has 1 fully saturated rings. The Balaban J connectivity index is 1.97. The van der Waals surface area contributed by atoms with Crippen molar-refractivity contribution in [2.75, 3.05) is 13.1 Å². The highest BCUT2D eigenvalue weighted by Gasteiger charge is 2.18. The zero-order valence-electron chi connectivity index (χ0n) is 7.99. The molecule has 2 heterocycles. The molecule has 3 nitrogen and oxygen atoms in total. The molecule has 0 radical (unpaired) electrons. The number of aromatic nitrogens is 1. The molecular formula is C10H14ClN3. The summed E-state index contributed by atoms with van der Waals surface area (Å²) in [5, 5.41) is 0.561. The molecule has 1 aromatic heterocycles. The molecule has 2 N–H and O–H groups in total. The topological polar surface area (TPSA) is 42.1 Å². The lowest BCUT2D eigenvalue weighted by molar-refractivity contribution is 0.327. The summed E-state index contributed by atoms with van der Waals surface area (Å²) in [5.74, 6) is 0. The van der Waals surface area contributed by atoms with Gasteiger partial charge in [0, 0.05) is 31.9 Å². The van der Waals surface area contributed by atoms with E-state index in [1.807, 2.05) is 12.1 Å². The molecule has 76 valence electrons. The Bertz CT molecular complexity index is 316. The van der Waals surface area contributed by atoms with Gasteiger partial charge in [0.1, 0.15) is 5.15 Å². The second kappa shape index (κ2) is 4.26. The molecule has 1 saturated heterocycles. The van der Waals surface area contributed by atoms with E-state index in [1.165, 1.54) is 5.56 Å². The third kappa shape index (κ3) is 2.44. The van der Waals surface area contributed by atoms with Crippen LogP contribution in [0.3, 0.4) is 0 Å². The van der Waals surface area contributed by atoms with Crippen molar-refractivity contribution in [3.05, 3.63) is 29.0 Å². The van der Waals surface area contributed by atoms with Crippen molar-refractivity contribution in [2.24, 2.45) is 5.73 Å². The lowest BCUT2D eigenvalue weighted by Crippen LogP contribution is -2.26. The van der Waals surface area contributed by atoms with Gasteiger partial charge >= 0.3 is 0 Å². The van der Waals surface area contributed by atoms with Crippen molar-refractivity contribution in [3.63, 3.8) is 0 Å². The fourth-order valence-electron chi connectivity index (χ4n) is 1.81. The van der Waals surface area contributed by atoms with Crippen LogP contribution in [0.5, 0.6) is 0 Å². The van der Waals surface area contributed by atoms with E-state index in [2.05, 4.69) is 9.88 Å². The largest absolute Gasteiger partial charge is 0.326 e. The first-order valence-electron chi connectivity index (χ1n) is 4.82. The maximum absolute atomic E-state index is 5.83. The summed E-state index contributed by atoms with van der Waals surface area (Å²) in [6.07, 6.45) is 2.84. The van der Waals surface area contributed by atoms with Crippen molar-refractivity contribution in [1.29, 1.82) is 0 Å². The lowest BCUT2D eigenvalue weighted by atomic mass is 10.2. The van der Waals surface area contributed by atoms with E-state index in [0.29, 0.717) is 11.2 Å². The molecule has 1 aliphatic rings. The van der Waals surface area contributed by atoms with Crippen molar-refractivity contribution >= 4 is 11.6 Å². The van der Waals surface area contributed by atoms with Gasteiger partial charge in [-0.05, 0) is 24.1 Å². The molecule has 0 aliphatic carbocycles. The first kappa shape index (κ1) is 9.90. The van der Waals surface area contributed by atoms with Crippen molar-refractivity contribution in [2.45, 2.75) is 19.0 Å². The van der Waals surface area contributed by atoms with E-state index >= 15 is 0 Å². The zero-order valence-corrected chi connectivity index (χ0v) is 8.74. The minimum atomic E-state index is 0.340. The molecule has 4 heteroatoms. The molecule has 1 aliphatic heterocycles. The van der Waals surface area contributed by atoms with Gasteiger partial charge in [0.15, 0.2) is 0 Å². The van der Waals surface area contributed by atoms with Gasteiger partial charge in [0.05, 0.1) is 0 Å². The minimum absolute atomic E-state index is 0.340. The number of halogens is 1. The maximum atomic E-state index is 5.83. The molecule has 0 saturated carbocycles. The molecule has 2 rings (SSSR count). The fraction of sp³-hybridized carbons (Fsp3) is 0.500. The van der Waals surface area contributed by atoms with E-state index < -0.39 is 0 Å². The normalized spacial score (nSPS) is 22.9. The van der Waals surface area contributed by atoms with Crippen molar-refractivity contribution < 1.29 is 0 Å². The summed E-state index contributed by atoms with van der Waals surface area (Å²) in [6.45, 7) is 3.00. The predicted molar refractivity (Wildman–Crippen MR) is 57.1 cm³/mol. The number of likely N-dealkylation sites (tertiary alicyclic amines) is 1. The van der Waals surface area contributed by atoms with Gasteiger partial charge in [-0.3, -0.25) is 4.90 Å². The minimum Gasteiger partial charge on any atom is -0.326 e. The number of hydrogen-bond acceptors (Lipinski definition) is 3. The van der Waals surface area contributed by atoms with E-state index in [-0.39, 0.29) is 0 Å². The van der Waals surface area contributed by atoms with Crippen LogP contribution >= 0.6 is 11.6 Å². The average Bonchev–Trinajstić information content (AvgIpc) is 2.51. The average molecular weight is 212 g/mol. The third-order valence-electron chi connectivity index (χ3n) is 2.51. The fourth-order valence-corrected chi connectivity index (χ4v) is 2.00. The van der Waals surface area contributed by atoms with E-state index in [1.54, 1.807) is 6.20 Å². The van der Waals surface area contributed by atoms with Crippen LogP contribution in [-0.4, -0.2) is 29.0 Å². The molecule has 0 bridgehead atoms. The summed E-state index contributed by atoms with van der Waals surface area (Å²) in [6, 6.07) is 4.24. The smallest absolute Gasteiger partial charge is 0.129 e. The Labute approximate surface area is 88.9 Å². The van der Waals surface area contributed by atoms with Gasteiger partial charge in [0.2, 0.25) is 0 Å². The van der Waals surface area contributed by atoms with Gasteiger partial charge in [0.25, 0.3) is 0 Å². The van der Waals surface area contributed by atoms with Gasteiger partial charge in [-0.15, -0.1) is 0 Å². The van der Waals surface area contributed by atoms with Crippen LogP contribution in [0.15, 0.2) is 18.3 Å². The number of hydrogen-bond donors (Lipinski definition) is 1. The van der Waals surface area contributed by atoms with Crippen LogP contribution in [0.4, 0.5) is 0 Å². The van der Waals surface area contributed by atoms with Gasteiger partial charge < -0.3 is 5.73 Å². The van der Waals surface area contributed by atoms with Crippen LogP contribution < -0.4 is 5.73 Å². The Morgan fingerprint density at radius 3 is 3.14 bits per heavy atom. The maximum Gasteiger partial charge on any atom is 0.129 e. The summed E-state index contributed by atoms with van der Waals surface area (Å²) in [5.41, 5.74) is 7.04. The Kier molecular flexibility index (Phi) is 3.01. The van der Waals surface area contributed by atoms with Crippen LogP contribution in [0, 0.1) is 0 Å². The standard InChI is InChI=1S/C10H14ClN3/c11-10-5-8(1-3-13-10)6-14-4-2-9(12)7-14/h1,3,5,9H,2,4,6-7,12H2/t9-/m1/s1. The Morgan fingerprint density at radius 1 is 1.64 bits per heavy atom. The van der Waals surface area contributed by atoms with Gasteiger partial charge in [-0.1, -0.05) is 11.6 Å². The molecule has 0 aromatic carbocycles. The Hall–Kier alpha value is -0.640. The molecular weight excluding hydrogens is 198 g/mol. The second-order valence-corrected chi connectivity index (χ2v) is 4.16. The van der Waals surface area contributed by atoms with E-state index in [0.717, 1.165) is 26.1 Å². The first-order valence-corrected chi connectivity index (χ1v) is 5.20. The summed E-state index contributed by atoms with van der Waals surface area (Å²) >= 11 is 5.80. The van der Waals surface area contributed by atoms with E-state index in [4.69, 9.17) is 17.3 Å². The molecule has 1 aromatic rings. The third-order valence-corrected chi connectivity index (χ3v) is 2.71. The number of rotatable bonds is 2. The number of pyridine rings is 1. The summed E-state index contributed by atoms with van der Waals surface area (Å²) in [7, 11) is 0. The zero-order chi connectivity index (χ0) is 9.97. The highest BCUT2D eigenvalue weighted by Crippen LogP contribution is 2.13. The SMILES string of the molecule is N[C@@H]1CCN(Cc2ccnc(Cl)c2)C1. The molecule has 0 unspecified atom stereocenters. The van der Waals surface area contributed by atoms with Gasteiger partial charge in [-0.2, -0.15) is 0 Å². The first-order chi connectivity index (χ1) is 6.74. The number of nitrogens with two attached hydrogens (primary N) is 1. The second-order valence-electron chi connectivity index (χ2n) is 3.77. The number of nitrogens with zero attached hydrogens (tertiary/aromatic N) is 2. The lowest BCUT2D eigenvalue weighted by Gasteiger charge is -2.14. The molecule has 1 atom stereocenters. The molecule has 0 amide bonds. The van der Waals surface area contributed by atoms with Crippen molar-refractivity contribution in [1.82, 2.24) is 9.88 Å². The van der Waals surface area contributed by atoms with Crippen LogP contribution in [-0.2, 0) is 6.54 Å². The van der Waals surface area contributed by atoms with Gasteiger partial charge in [-0.25, -0.2) is 4.98 Å².